The van der Waals surface area contributed by atoms with Crippen molar-refractivity contribution in [3.63, 3.8) is 0 Å². The van der Waals surface area contributed by atoms with Crippen LogP contribution in [-0.2, 0) is 11.3 Å². The molecule has 1 heterocycles. The van der Waals surface area contributed by atoms with Crippen LogP contribution in [-0.4, -0.2) is 39.1 Å². The largest absolute Gasteiger partial charge is 0.508 e. The van der Waals surface area contributed by atoms with Gasteiger partial charge in [-0.1, -0.05) is 54.1 Å². The number of hydrogen-bond acceptors (Lipinski definition) is 5. The van der Waals surface area contributed by atoms with E-state index in [1.165, 1.54) is 6.07 Å². The predicted molar refractivity (Wildman–Crippen MR) is 136 cm³/mol. The second-order valence-electron chi connectivity index (χ2n) is 8.08. The molecule has 178 valence electrons. The molecule has 0 aliphatic carbocycles. The zero-order chi connectivity index (χ0) is 24.3. The van der Waals surface area contributed by atoms with E-state index in [1.807, 2.05) is 54.6 Å². The lowest BCUT2D eigenvalue weighted by Crippen LogP contribution is -2.33. The normalized spacial score (nSPS) is 14.4. The van der Waals surface area contributed by atoms with Gasteiger partial charge in [0.2, 0.25) is 0 Å². The third kappa shape index (κ3) is 7.54. The maximum Gasteiger partial charge on any atom is 0.117 e. The van der Waals surface area contributed by atoms with Crippen LogP contribution in [0.4, 0.5) is 0 Å². The number of ether oxygens (including phenoxy) is 1. The number of phenols is 1. The monoisotopic (exact) mass is 479 g/mol. The molecular weight excluding hydrogens is 450 g/mol. The highest BCUT2D eigenvalue weighted by Gasteiger charge is 2.25. The Morgan fingerprint density at radius 1 is 1.03 bits per heavy atom. The average molecular weight is 480 g/mol. The molecule has 0 saturated heterocycles. The van der Waals surface area contributed by atoms with Crippen molar-refractivity contribution in [1.82, 2.24) is 4.98 Å². The van der Waals surface area contributed by atoms with Crippen molar-refractivity contribution in [1.29, 1.82) is 0 Å². The number of phenolic OH excluding ortho intramolecular Hbond substituents is 1. The Labute approximate surface area is 205 Å². The summed E-state index contributed by atoms with van der Waals surface area (Å²) in [6.07, 6.45) is 4.35. The molecule has 3 aromatic rings. The van der Waals surface area contributed by atoms with Crippen molar-refractivity contribution >= 4 is 23.3 Å². The molecule has 0 radical (unpaired) electrons. The van der Waals surface area contributed by atoms with Gasteiger partial charge in [0, 0.05) is 12.1 Å². The highest BCUT2D eigenvalue weighted by molar-refractivity contribution is 6.32. The molecule has 0 spiro atoms. The van der Waals surface area contributed by atoms with Crippen LogP contribution in [0.15, 0.2) is 85.6 Å². The Morgan fingerprint density at radius 2 is 1.79 bits per heavy atom. The Bertz CT molecular complexity index is 1070. The van der Waals surface area contributed by atoms with Crippen molar-refractivity contribution in [3.8, 4) is 5.75 Å². The van der Waals surface area contributed by atoms with Crippen LogP contribution in [0.1, 0.15) is 29.7 Å². The summed E-state index contributed by atoms with van der Waals surface area (Å²) in [7, 11) is 0. The molecule has 0 bridgehead atoms. The number of halogens is 1. The fourth-order valence-corrected chi connectivity index (χ4v) is 3.93. The van der Waals surface area contributed by atoms with Crippen molar-refractivity contribution < 1.29 is 20.1 Å². The van der Waals surface area contributed by atoms with E-state index in [2.05, 4.69) is 11.6 Å². The van der Waals surface area contributed by atoms with Crippen molar-refractivity contribution in [2.24, 2.45) is 5.92 Å². The maximum absolute atomic E-state index is 10.9. The molecule has 0 unspecified atom stereocenters. The van der Waals surface area contributed by atoms with Crippen molar-refractivity contribution in [3.05, 3.63) is 107 Å². The quantitative estimate of drug-likeness (QED) is 0.299. The van der Waals surface area contributed by atoms with Crippen molar-refractivity contribution in [2.75, 3.05) is 6.61 Å². The lowest BCUT2D eigenvalue weighted by atomic mass is 9.90. The summed E-state index contributed by atoms with van der Waals surface area (Å²) < 4.78 is 5.65. The second kappa shape index (κ2) is 13.1. The number of nitrogens with zero attached hydrogens (tertiary/aromatic N) is 1. The Hall–Kier alpha value is -2.96. The summed E-state index contributed by atoms with van der Waals surface area (Å²) in [5.41, 5.74) is 3.40. The molecule has 34 heavy (non-hydrogen) atoms. The Morgan fingerprint density at radius 3 is 2.47 bits per heavy atom. The Balaban J connectivity index is 1.65. The topological polar surface area (TPSA) is 82.8 Å². The number of benzene rings is 2. The average Bonchev–Trinajstić information content (AvgIpc) is 2.84. The van der Waals surface area contributed by atoms with E-state index in [-0.39, 0.29) is 12.4 Å². The first kappa shape index (κ1) is 25.7. The zero-order valence-electron chi connectivity index (χ0n) is 18.9. The fraction of sp³-hybridized carbons (Fsp3) is 0.250. The van der Waals surface area contributed by atoms with E-state index in [0.29, 0.717) is 24.5 Å². The number of pyridine rings is 1. The summed E-state index contributed by atoms with van der Waals surface area (Å²) in [5.74, 6) is -0.452. The van der Waals surface area contributed by atoms with E-state index in [1.54, 1.807) is 24.4 Å². The van der Waals surface area contributed by atoms with Gasteiger partial charge in [-0.3, -0.25) is 4.98 Å². The molecule has 3 atom stereocenters. The molecular formula is C28H30ClNO4. The van der Waals surface area contributed by atoms with E-state index in [9.17, 15) is 15.3 Å². The van der Waals surface area contributed by atoms with Gasteiger partial charge >= 0.3 is 0 Å². The summed E-state index contributed by atoms with van der Waals surface area (Å²) in [6, 6.07) is 20.1. The highest BCUT2D eigenvalue weighted by atomic mass is 35.5. The third-order valence-corrected chi connectivity index (χ3v) is 5.91. The SMILES string of the molecule is C=C[C@H]([C@H](O)CC/C(=C/c1ccc(O)cc1Cl)c1ccccn1)[C@H](O)COCc1ccccc1. The minimum Gasteiger partial charge on any atom is -0.508 e. The maximum atomic E-state index is 10.9. The number of aromatic hydroxyl groups is 1. The Kier molecular flexibility index (Phi) is 9.86. The van der Waals surface area contributed by atoms with Crippen LogP contribution in [0.25, 0.3) is 11.6 Å². The van der Waals surface area contributed by atoms with E-state index in [0.717, 1.165) is 22.4 Å². The van der Waals surface area contributed by atoms with Crippen LogP contribution >= 0.6 is 11.6 Å². The van der Waals surface area contributed by atoms with Gasteiger partial charge < -0.3 is 20.1 Å². The molecule has 5 nitrogen and oxygen atoms in total. The molecule has 1 aromatic heterocycles. The van der Waals surface area contributed by atoms with Gasteiger partial charge in [-0.25, -0.2) is 0 Å². The van der Waals surface area contributed by atoms with E-state index >= 15 is 0 Å². The number of aromatic nitrogens is 1. The van der Waals surface area contributed by atoms with Gasteiger partial charge in [0.1, 0.15) is 5.75 Å². The molecule has 0 saturated carbocycles. The summed E-state index contributed by atoms with van der Waals surface area (Å²) >= 11 is 6.30. The first-order valence-electron chi connectivity index (χ1n) is 11.2. The van der Waals surface area contributed by atoms with Crippen LogP contribution in [0.3, 0.4) is 0 Å². The molecule has 0 aliphatic rings. The second-order valence-corrected chi connectivity index (χ2v) is 8.48. The number of rotatable bonds is 12. The fourth-order valence-electron chi connectivity index (χ4n) is 3.70. The number of allylic oxidation sites excluding steroid dienone is 1. The lowest BCUT2D eigenvalue weighted by Gasteiger charge is -2.25. The smallest absolute Gasteiger partial charge is 0.117 e. The number of aliphatic hydroxyl groups is 2. The third-order valence-electron chi connectivity index (χ3n) is 5.58. The number of aliphatic hydroxyl groups excluding tert-OH is 2. The van der Waals surface area contributed by atoms with Gasteiger partial charge in [-0.2, -0.15) is 0 Å². The predicted octanol–water partition coefficient (Wildman–Crippen LogP) is 5.50. The van der Waals surface area contributed by atoms with Gasteiger partial charge in [-0.15, -0.1) is 6.58 Å². The molecule has 0 aliphatic heterocycles. The molecule has 2 aromatic carbocycles. The summed E-state index contributed by atoms with van der Waals surface area (Å²) in [6.45, 7) is 4.28. The number of hydrogen-bond donors (Lipinski definition) is 3. The first-order chi connectivity index (χ1) is 16.5. The van der Waals surface area contributed by atoms with Gasteiger partial charge in [-0.05, 0) is 65.9 Å². The minimum atomic E-state index is -0.884. The van der Waals surface area contributed by atoms with Crippen LogP contribution in [0.5, 0.6) is 5.75 Å². The van der Waals surface area contributed by atoms with Gasteiger partial charge in [0.25, 0.3) is 0 Å². The lowest BCUT2D eigenvalue weighted by molar-refractivity contribution is -0.0270. The summed E-state index contributed by atoms with van der Waals surface area (Å²) in [4.78, 5) is 4.44. The van der Waals surface area contributed by atoms with Crippen LogP contribution < -0.4 is 0 Å². The first-order valence-corrected chi connectivity index (χ1v) is 11.6. The van der Waals surface area contributed by atoms with Gasteiger partial charge in [0.05, 0.1) is 36.1 Å². The molecule has 0 amide bonds. The molecule has 3 rings (SSSR count). The molecule has 6 heteroatoms. The standard InChI is InChI=1S/C28H30ClNO4/c1-2-24(28(33)19-34-18-20-8-4-3-5-9-20)27(32)14-12-22(26-10-6-7-15-30-26)16-21-11-13-23(31)17-25(21)29/h2-11,13,15-17,24,27-28,31-33H,1,12,14,18-19H2/b22-16-/t24-,27-,28-/m1/s1. The minimum absolute atomic E-state index is 0.0919. The molecule has 3 N–H and O–H groups in total. The summed E-state index contributed by atoms with van der Waals surface area (Å²) in [5, 5.41) is 31.5. The highest BCUT2D eigenvalue weighted by Crippen LogP contribution is 2.29. The van der Waals surface area contributed by atoms with Crippen LogP contribution in [0, 0.1) is 5.92 Å². The zero-order valence-corrected chi connectivity index (χ0v) is 19.7. The van der Waals surface area contributed by atoms with Gasteiger partial charge in [0.15, 0.2) is 0 Å². The van der Waals surface area contributed by atoms with E-state index < -0.39 is 18.1 Å². The van der Waals surface area contributed by atoms with E-state index in [4.69, 9.17) is 16.3 Å². The van der Waals surface area contributed by atoms with Crippen LogP contribution in [0.2, 0.25) is 5.02 Å². The van der Waals surface area contributed by atoms with Crippen molar-refractivity contribution in [2.45, 2.75) is 31.7 Å². The molecule has 0 fully saturated rings.